The Labute approximate surface area is 139 Å². The topological polar surface area (TPSA) is 29.1 Å². The fourth-order valence-corrected chi connectivity index (χ4v) is 2.93. The van der Waals surface area contributed by atoms with Crippen LogP contribution in [-0.2, 0) is 11.2 Å². The molecule has 0 radical (unpaired) electrons. The van der Waals surface area contributed by atoms with Crippen molar-refractivity contribution in [3.8, 4) is 11.1 Å². The molecule has 0 aliphatic rings. The Balaban J connectivity index is 2.50. The lowest BCUT2D eigenvalue weighted by atomic mass is 9.92. The molecule has 1 amide bonds. The van der Waals surface area contributed by atoms with E-state index in [1.54, 1.807) is 6.92 Å². The number of benzene rings is 2. The van der Waals surface area contributed by atoms with Gasteiger partial charge in [0, 0.05) is 12.6 Å². The molecule has 0 unspecified atom stereocenters. The molecule has 0 saturated heterocycles. The highest BCUT2D eigenvalue weighted by Crippen LogP contribution is 2.31. The lowest BCUT2D eigenvalue weighted by Gasteiger charge is -2.15. The molecule has 1 N–H and O–H groups in total. The van der Waals surface area contributed by atoms with E-state index in [9.17, 15) is 4.79 Å². The van der Waals surface area contributed by atoms with Crippen molar-refractivity contribution in [3.05, 3.63) is 53.1 Å². The molecular weight excluding hydrogens is 282 g/mol. The van der Waals surface area contributed by atoms with Gasteiger partial charge in [0.1, 0.15) is 0 Å². The van der Waals surface area contributed by atoms with Gasteiger partial charge in [-0.1, -0.05) is 51.5 Å². The summed E-state index contributed by atoms with van der Waals surface area (Å²) in [4.78, 5) is 11.4. The summed E-state index contributed by atoms with van der Waals surface area (Å²) in [5, 5.41) is 2.93. The zero-order valence-electron chi connectivity index (χ0n) is 14.9. The standard InChI is InChI=1S/C21H27NO/c1-6-7-19-12-20(22-16(5)23)13-21(15(19)4)18-10-8-17(9-11-18)14(2)3/h8-14H,6-7H2,1-5H3,(H,22,23). The van der Waals surface area contributed by atoms with Crippen LogP contribution in [0.1, 0.15) is 56.7 Å². The van der Waals surface area contributed by atoms with Crippen molar-refractivity contribution in [3.63, 3.8) is 0 Å². The average Bonchev–Trinajstić information content (AvgIpc) is 2.50. The zero-order chi connectivity index (χ0) is 17.0. The molecule has 0 heterocycles. The second kappa shape index (κ2) is 7.45. The quantitative estimate of drug-likeness (QED) is 0.754. The molecule has 0 atom stereocenters. The number of nitrogens with one attached hydrogen (secondary N) is 1. The maximum absolute atomic E-state index is 11.4. The molecule has 0 saturated carbocycles. The minimum absolute atomic E-state index is 0.0302. The van der Waals surface area contributed by atoms with Crippen LogP contribution in [0.15, 0.2) is 36.4 Å². The zero-order valence-corrected chi connectivity index (χ0v) is 14.9. The normalized spacial score (nSPS) is 10.9. The second-order valence-electron chi connectivity index (χ2n) is 6.52. The van der Waals surface area contributed by atoms with Crippen LogP contribution in [0.2, 0.25) is 0 Å². The minimum Gasteiger partial charge on any atom is -0.326 e. The Bertz CT molecular complexity index is 684. The first-order valence-electron chi connectivity index (χ1n) is 8.43. The van der Waals surface area contributed by atoms with Crippen molar-refractivity contribution < 1.29 is 4.79 Å². The molecule has 2 heteroatoms. The Hall–Kier alpha value is -2.09. The van der Waals surface area contributed by atoms with E-state index in [0.29, 0.717) is 5.92 Å². The summed E-state index contributed by atoms with van der Waals surface area (Å²) in [5.41, 5.74) is 7.25. The Morgan fingerprint density at radius 1 is 1.13 bits per heavy atom. The molecule has 0 bridgehead atoms. The van der Waals surface area contributed by atoms with Crippen molar-refractivity contribution in [2.75, 3.05) is 5.32 Å². The van der Waals surface area contributed by atoms with Crippen molar-refractivity contribution >= 4 is 11.6 Å². The molecule has 0 aliphatic heterocycles. The molecule has 23 heavy (non-hydrogen) atoms. The van der Waals surface area contributed by atoms with Crippen LogP contribution in [0, 0.1) is 6.92 Å². The number of carbonyl (C=O) groups excluding carboxylic acids is 1. The smallest absolute Gasteiger partial charge is 0.221 e. The monoisotopic (exact) mass is 309 g/mol. The molecule has 2 nitrogen and oxygen atoms in total. The highest BCUT2D eigenvalue weighted by Gasteiger charge is 2.10. The van der Waals surface area contributed by atoms with Gasteiger partial charge in [-0.3, -0.25) is 4.79 Å². The van der Waals surface area contributed by atoms with Gasteiger partial charge in [0.2, 0.25) is 5.91 Å². The lowest BCUT2D eigenvalue weighted by Crippen LogP contribution is -2.07. The third-order valence-electron chi connectivity index (χ3n) is 4.24. The number of anilines is 1. The van der Waals surface area contributed by atoms with Gasteiger partial charge in [0.15, 0.2) is 0 Å². The molecule has 2 aromatic carbocycles. The molecule has 2 rings (SSSR count). The van der Waals surface area contributed by atoms with Crippen molar-refractivity contribution in [2.24, 2.45) is 0 Å². The van der Waals surface area contributed by atoms with E-state index < -0.39 is 0 Å². The minimum atomic E-state index is -0.0302. The van der Waals surface area contributed by atoms with E-state index in [-0.39, 0.29) is 5.91 Å². The average molecular weight is 309 g/mol. The fourth-order valence-electron chi connectivity index (χ4n) is 2.93. The van der Waals surface area contributed by atoms with Gasteiger partial charge in [-0.2, -0.15) is 0 Å². The van der Waals surface area contributed by atoms with E-state index >= 15 is 0 Å². The Kier molecular flexibility index (Phi) is 5.59. The number of hydrogen-bond donors (Lipinski definition) is 1. The van der Waals surface area contributed by atoms with Crippen molar-refractivity contribution in [2.45, 2.75) is 53.4 Å². The SMILES string of the molecule is CCCc1cc(NC(C)=O)cc(-c2ccc(C(C)C)cc2)c1C. The van der Waals surface area contributed by atoms with Crippen LogP contribution < -0.4 is 5.32 Å². The summed E-state index contributed by atoms with van der Waals surface area (Å²) in [5.74, 6) is 0.504. The summed E-state index contributed by atoms with van der Waals surface area (Å²) in [6, 6.07) is 13.0. The van der Waals surface area contributed by atoms with Crippen LogP contribution >= 0.6 is 0 Å². The predicted molar refractivity (Wildman–Crippen MR) is 99.0 cm³/mol. The van der Waals surface area contributed by atoms with Crippen LogP contribution in [0.25, 0.3) is 11.1 Å². The number of amides is 1. The maximum atomic E-state index is 11.4. The van der Waals surface area contributed by atoms with Gasteiger partial charge in [0.05, 0.1) is 0 Å². The Morgan fingerprint density at radius 3 is 2.30 bits per heavy atom. The molecule has 0 fully saturated rings. The first-order chi connectivity index (χ1) is 10.9. The molecule has 0 aromatic heterocycles. The Morgan fingerprint density at radius 2 is 1.78 bits per heavy atom. The van der Waals surface area contributed by atoms with E-state index in [1.165, 1.54) is 27.8 Å². The van der Waals surface area contributed by atoms with E-state index in [4.69, 9.17) is 0 Å². The van der Waals surface area contributed by atoms with Gasteiger partial charge in [0.25, 0.3) is 0 Å². The van der Waals surface area contributed by atoms with Crippen LogP contribution in [0.3, 0.4) is 0 Å². The number of rotatable bonds is 5. The largest absolute Gasteiger partial charge is 0.326 e. The third-order valence-corrected chi connectivity index (χ3v) is 4.24. The fraction of sp³-hybridized carbons (Fsp3) is 0.381. The summed E-state index contributed by atoms with van der Waals surface area (Å²) in [6.45, 7) is 10.3. The first kappa shape index (κ1) is 17.3. The lowest BCUT2D eigenvalue weighted by molar-refractivity contribution is -0.114. The van der Waals surface area contributed by atoms with Gasteiger partial charge in [-0.15, -0.1) is 0 Å². The highest BCUT2D eigenvalue weighted by atomic mass is 16.1. The van der Waals surface area contributed by atoms with Gasteiger partial charge < -0.3 is 5.32 Å². The van der Waals surface area contributed by atoms with Crippen LogP contribution in [-0.4, -0.2) is 5.91 Å². The number of aryl methyl sites for hydroxylation is 1. The van der Waals surface area contributed by atoms with Gasteiger partial charge in [-0.05, 0) is 59.2 Å². The molecular formula is C21H27NO. The first-order valence-corrected chi connectivity index (χ1v) is 8.43. The molecule has 0 spiro atoms. The van der Waals surface area contributed by atoms with Crippen LogP contribution in [0.5, 0.6) is 0 Å². The van der Waals surface area contributed by atoms with Gasteiger partial charge in [-0.25, -0.2) is 0 Å². The number of hydrogen-bond acceptors (Lipinski definition) is 1. The predicted octanol–water partition coefficient (Wildman–Crippen LogP) is 5.70. The van der Waals surface area contributed by atoms with Crippen molar-refractivity contribution in [1.82, 2.24) is 0 Å². The van der Waals surface area contributed by atoms with Crippen LogP contribution in [0.4, 0.5) is 5.69 Å². The summed E-state index contributed by atoms with van der Waals surface area (Å²) >= 11 is 0. The summed E-state index contributed by atoms with van der Waals surface area (Å²) in [7, 11) is 0. The second-order valence-corrected chi connectivity index (χ2v) is 6.52. The van der Waals surface area contributed by atoms with Gasteiger partial charge >= 0.3 is 0 Å². The molecule has 2 aromatic rings. The summed E-state index contributed by atoms with van der Waals surface area (Å²) in [6.07, 6.45) is 2.12. The maximum Gasteiger partial charge on any atom is 0.221 e. The van der Waals surface area contributed by atoms with E-state index in [0.717, 1.165) is 18.5 Å². The highest BCUT2D eigenvalue weighted by molar-refractivity contribution is 5.90. The third kappa shape index (κ3) is 4.22. The molecule has 0 aliphatic carbocycles. The molecule has 122 valence electrons. The summed E-state index contributed by atoms with van der Waals surface area (Å²) < 4.78 is 0. The van der Waals surface area contributed by atoms with Crippen molar-refractivity contribution in [1.29, 1.82) is 0 Å². The van der Waals surface area contributed by atoms with E-state index in [1.807, 2.05) is 0 Å². The number of carbonyl (C=O) groups is 1. The van der Waals surface area contributed by atoms with E-state index in [2.05, 4.69) is 69.4 Å².